The van der Waals surface area contributed by atoms with Gasteiger partial charge in [-0.3, -0.25) is 19.4 Å². The molecule has 0 spiro atoms. The van der Waals surface area contributed by atoms with Crippen molar-refractivity contribution >= 4 is 5.97 Å². The Bertz CT molecular complexity index is 670. The Balaban J connectivity index is 1.79. The van der Waals surface area contributed by atoms with Gasteiger partial charge in [-0.1, -0.05) is 6.07 Å². The third-order valence-electron chi connectivity index (χ3n) is 4.10. The Morgan fingerprint density at radius 3 is 2.82 bits per heavy atom. The maximum absolute atomic E-state index is 11.6. The number of rotatable bonds is 4. The molecule has 1 fully saturated rings. The van der Waals surface area contributed by atoms with Crippen molar-refractivity contribution in [1.29, 1.82) is 0 Å². The molecule has 1 aliphatic rings. The summed E-state index contributed by atoms with van der Waals surface area (Å²) in [6.07, 6.45) is 1.71. The van der Waals surface area contributed by atoms with E-state index < -0.39 is 11.9 Å². The molecule has 7 nitrogen and oxygen atoms in total. The molecule has 0 aromatic carbocycles. The lowest BCUT2D eigenvalue weighted by Gasteiger charge is -2.14. The highest BCUT2D eigenvalue weighted by molar-refractivity contribution is 5.72. The maximum atomic E-state index is 11.6. The van der Waals surface area contributed by atoms with E-state index in [-0.39, 0.29) is 5.92 Å². The van der Waals surface area contributed by atoms with Gasteiger partial charge in [0.1, 0.15) is 11.6 Å². The molecule has 0 unspecified atom stereocenters. The van der Waals surface area contributed by atoms with Gasteiger partial charge in [-0.15, -0.1) is 0 Å². The molecule has 22 heavy (non-hydrogen) atoms. The predicted octanol–water partition coefficient (Wildman–Crippen LogP) is 0.819. The zero-order chi connectivity index (χ0) is 15.7. The lowest BCUT2D eigenvalue weighted by Crippen LogP contribution is -2.24. The van der Waals surface area contributed by atoms with Crippen LogP contribution in [0.1, 0.15) is 23.3 Å². The van der Waals surface area contributed by atoms with Crippen LogP contribution in [-0.4, -0.2) is 48.8 Å². The molecule has 2 atom stereocenters. The number of carboxylic acid groups (broad SMARTS) is 1. The summed E-state index contributed by atoms with van der Waals surface area (Å²) < 4.78 is 1.75. The zero-order valence-electron chi connectivity index (χ0n) is 12.7. The summed E-state index contributed by atoms with van der Waals surface area (Å²) in [5.74, 6) is 0.278. The number of aryl methyl sites for hydroxylation is 2. The number of aromatic nitrogens is 4. The zero-order valence-corrected chi connectivity index (χ0v) is 12.7. The molecule has 0 bridgehead atoms. The van der Waals surface area contributed by atoms with E-state index in [0.717, 1.165) is 17.3 Å². The number of carboxylic acids is 1. The van der Waals surface area contributed by atoms with Gasteiger partial charge in [-0.25, -0.2) is 4.98 Å². The van der Waals surface area contributed by atoms with Crippen LogP contribution in [0.3, 0.4) is 0 Å². The Morgan fingerprint density at radius 1 is 1.41 bits per heavy atom. The van der Waals surface area contributed by atoms with Crippen molar-refractivity contribution in [3.63, 3.8) is 0 Å². The Morgan fingerprint density at radius 2 is 2.23 bits per heavy atom. The average molecular weight is 301 g/mol. The number of likely N-dealkylation sites (tertiary alicyclic amines) is 1. The molecule has 0 aliphatic carbocycles. The summed E-state index contributed by atoms with van der Waals surface area (Å²) in [5, 5.41) is 13.7. The second kappa shape index (κ2) is 5.84. The summed E-state index contributed by atoms with van der Waals surface area (Å²) >= 11 is 0. The van der Waals surface area contributed by atoms with E-state index >= 15 is 0 Å². The molecular weight excluding hydrogens is 282 g/mol. The fraction of sp³-hybridized carbons (Fsp3) is 0.467. The van der Waals surface area contributed by atoms with Gasteiger partial charge in [0.15, 0.2) is 0 Å². The smallest absolute Gasteiger partial charge is 0.308 e. The van der Waals surface area contributed by atoms with E-state index in [2.05, 4.69) is 20.0 Å². The van der Waals surface area contributed by atoms with E-state index in [1.807, 2.05) is 32.2 Å². The highest BCUT2D eigenvalue weighted by Gasteiger charge is 2.39. The highest BCUT2D eigenvalue weighted by Crippen LogP contribution is 2.32. The standard InChI is InChI=1S/C15H19N5O2/c1-10-17-14(19(2)18-10)9-20-7-11(12(8-20)15(21)22)13-5-3-4-6-16-13/h3-6,11-12H,7-9H2,1-2H3,(H,21,22)/t11-,12-/m1/s1. The second-order valence-corrected chi connectivity index (χ2v) is 5.70. The van der Waals surface area contributed by atoms with Gasteiger partial charge < -0.3 is 5.11 Å². The molecule has 3 heterocycles. The van der Waals surface area contributed by atoms with Gasteiger partial charge in [-0.05, 0) is 19.1 Å². The number of carbonyl (C=O) groups is 1. The number of aliphatic carboxylic acids is 1. The number of hydrogen-bond acceptors (Lipinski definition) is 5. The van der Waals surface area contributed by atoms with Crippen molar-refractivity contribution in [1.82, 2.24) is 24.6 Å². The topological polar surface area (TPSA) is 84.1 Å². The van der Waals surface area contributed by atoms with Gasteiger partial charge in [0.2, 0.25) is 0 Å². The fourth-order valence-corrected chi connectivity index (χ4v) is 3.05. The molecule has 1 aliphatic heterocycles. The molecule has 2 aromatic heterocycles. The maximum Gasteiger partial charge on any atom is 0.308 e. The SMILES string of the molecule is Cc1nc(CN2C[C@@H](C(=O)O)[C@H](c3ccccn3)C2)n(C)n1. The number of pyridine rings is 1. The van der Waals surface area contributed by atoms with E-state index in [1.165, 1.54) is 0 Å². The first-order valence-electron chi connectivity index (χ1n) is 7.27. The molecule has 2 aromatic rings. The first-order chi connectivity index (χ1) is 10.5. The fourth-order valence-electron chi connectivity index (χ4n) is 3.05. The minimum Gasteiger partial charge on any atom is -0.481 e. The van der Waals surface area contributed by atoms with E-state index in [1.54, 1.807) is 10.9 Å². The largest absolute Gasteiger partial charge is 0.481 e. The van der Waals surface area contributed by atoms with Gasteiger partial charge >= 0.3 is 5.97 Å². The minimum absolute atomic E-state index is 0.0898. The Labute approximate surface area is 128 Å². The molecule has 116 valence electrons. The normalized spacial score (nSPS) is 22.1. The van der Waals surface area contributed by atoms with Gasteiger partial charge in [0, 0.05) is 37.9 Å². The minimum atomic E-state index is -0.771. The van der Waals surface area contributed by atoms with E-state index in [4.69, 9.17) is 0 Å². The van der Waals surface area contributed by atoms with Crippen molar-refractivity contribution in [2.45, 2.75) is 19.4 Å². The first-order valence-corrected chi connectivity index (χ1v) is 7.27. The van der Waals surface area contributed by atoms with Crippen LogP contribution in [0.2, 0.25) is 0 Å². The molecular formula is C15H19N5O2. The lowest BCUT2D eigenvalue weighted by molar-refractivity contribution is -0.141. The highest BCUT2D eigenvalue weighted by atomic mass is 16.4. The summed E-state index contributed by atoms with van der Waals surface area (Å²) in [6, 6.07) is 5.64. The summed E-state index contributed by atoms with van der Waals surface area (Å²) in [6.45, 7) is 3.62. The van der Waals surface area contributed by atoms with Crippen LogP contribution < -0.4 is 0 Å². The third kappa shape index (κ3) is 2.85. The van der Waals surface area contributed by atoms with Gasteiger partial charge in [-0.2, -0.15) is 5.10 Å². The third-order valence-corrected chi connectivity index (χ3v) is 4.10. The molecule has 0 amide bonds. The van der Waals surface area contributed by atoms with Crippen molar-refractivity contribution < 1.29 is 9.90 Å². The Hall–Kier alpha value is -2.28. The average Bonchev–Trinajstić information content (AvgIpc) is 3.04. The summed E-state index contributed by atoms with van der Waals surface area (Å²) in [5.41, 5.74) is 0.839. The van der Waals surface area contributed by atoms with Crippen molar-refractivity contribution in [3.05, 3.63) is 41.7 Å². The van der Waals surface area contributed by atoms with Gasteiger partial charge in [0.05, 0.1) is 12.5 Å². The van der Waals surface area contributed by atoms with Crippen molar-refractivity contribution in [2.24, 2.45) is 13.0 Å². The molecule has 0 radical (unpaired) electrons. The van der Waals surface area contributed by atoms with Crippen LogP contribution in [0.4, 0.5) is 0 Å². The monoisotopic (exact) mass is 301 g/mol. The van der Waals surface area contributed by atoms with Crippen LogP contribution in [0, 0.1) is 12.8 Å². The van der Waals surface area contributed by atoms with Crippen LogP contribution in [-0.2, 0) is 18.4 Å². The molecule has 1 N–H and O–H groups in total. The molecule has 7 heteroatoms. The number of nitrogens with zero attached hydrogens (tertiary/aromatic N) is 5. The molecule has 0 saturated carbocycles. The summed E-state index contributed by atoms with van der Waals surface area (Å²) in [7, 11) is 1.86. The van der Waals surface area contributed by atoms with Crippen molar-refractivity contribution in [3.8, 4) is 0 Å². The number of hydrogen-bond donors (Lipinski definition) is 1. The van der Waals surface area contributed by atoms with E-state index in [0.29, 0.717) is 19.6 Å². The van der Waals surface area contributed by atoms with Crippen molar-refractivity contribution in [2.75, 3.05) is 13.1 Å². The van der Waals surface area contributed by atoms with E-state index in [9.17, 15) is 9.90 Å². The van der Waals surface area contributed by atoms with Crippen LogP contribution in [0.5, 0.6) is 0 Å². The van der Waals surface area contributed by atoms with Crippen LogP contribution >= 0.6 is 0 Å². The Kier molecular flexibility index (Phi) is 3.89. The van der Waals surface area contributed by atoms with Crippen LogP contribution in [0.15, 0.2) is 24.4 Å². The lowest BCUT2D eigenvalue weighted by atomic mass is 9.93. The van der Waals surface area contributed by atoms with Crippen LogP contribution in [0.25, 0.3) is 0 Å². The molecule has 1 saturated heterocycles. The first kappa shape index (κ1) is 14.6. The van der Waals surface area contributed by atoms with Gasteiger partial charge in [0.25, 0.3) is 0 Å². The second-order valence-electron chi connectivity index (χ2n) is 5.70. The quantitative estimate of drug-likeness (QED) is 0.900. The summed E-state index contributed by atoms with van der Waals surface area (Å²) in [4.78, 5) is 22.4. The predicted molar refractivity (Wildman–Crippen MR) is 79.1 cm³/mol. The molecule has 3 rings (SSSR count).